The van der Waals surface area contributed by atoms with E-state index in [1.165, 1.54) is 12.0 Å². The first-order valence-corrected chi connectivity index (χ1v) is 9.03. The van der Waals surface area contributed by atoms with Gasteiger partial charge < -0.3 is 9.84 Å². The van der Waals surface area contributed by atoms with E-state index < -0.39 is 17.7 Å². The number of carbonyl (C=O) groups is 2. The number of aromatic nitrogens is 1. The highest BCUT2D eigenvalue weighted by molar-refractivity contribution is 6.51. The van der Waals surface area contributed by atoms with Crippen LogP contribution in [0.25, 0.3) is 5.76 Å². The molecule has 6 heteroatoms. The van der Waals surface area contributed by atoms with Gasteiger partial charge in [0.25, 0.3) is 11.7 Å². The van der Waals surface area contributed by atoms with Crippen molar-refractivity contribution in [1.82, 2.24) is 4.98 Å². The number of ether oxygens (including phenoxy) is 1. The summed E-state index contributed by atoms with van der Waals surface area (Å²) >= 11 is 0. The summed E-state index contributed by atoms with van der Waals surface area (Å²) in [5.41, 5.74) is 1.41. The van der Waals surface area contributed by atoms with Crippen molar-refractivity contribution in [2.24, 2.45) is 0 Å². The predicted molar refractivity (Wildman–Crippen MR) is 108 cm³/mol. The molecule has 0 bridgehead atoms. The lowest BCUT2D eigenvalue weighted by molar-refractivity contribution is -0.132. The summed E-state index contributed by atoms with van der Waals surface area (Å²) in [6.45, 7) is 0. The van der Waals surface area contributed by atoms with Crippen LogP contribution in [-0.4, -0.2) is 28.9 Å². The summed E-state index contributed by atoms with van der Waals surface area (Å²) in [6, 6.07) is 20.0. The van der Waals surface area contributed by atoms with Crippen molar-refractivity contribution in [3.63, 3.8) is 0 Å². The molecule has 1 saturated heterocycles. The molecule has 144 valence electrons. The lowest BCUT2D eigenvalue weighted by atomic mass is 9.98. The Labute approximate surface area is 167 Å². The lowest BCUT2D eigenvalue weighted by Gasteiger charge is -2.24. The normalized spacial score (nSPS) is 18.1. The number of pyridine rings is 1. The zero-order chi connectivity index (χ0) is 20.4. The molecule has 1 unspecified atom stereocenters. The minimum absolute atomic E-state index is 0.00851. The van der Waals surface area contributed by atoms with Gasteiger partial charge in [0.15, 0.2) is 0 Å². The molecule has 2 aromatic carbocycles. The topological polar surface area (TPSA) is 79.7 Å². The number of aliphatic hydroxyl groups is 1. The van der Waals surface area contributed by atoms with Crippen LogP contribution in [0.3, 0.4) is 0 Å². The minimum Gasteiger partial charge on any atom is -0.507 e. The van der Waals surface area contributed by atoms with Gasteiger partial charge in [-0.3, -0.25) is 19.5 Å². The van der Waals surface area contributed by atoms with Gasteiger partial charge in [0, 0.05) is 17.4 Å². The number of amides is 1. The van der Waals surface area contributed by atoms with E-state index in [0.717, 1.165) is 0 Å². The van der Waals surface area contributed by atoms with Gasteiger partial charge in [-0.25, -0.2) is 0 Å². The molecule has 3 aromatic rings. The Kier molecular flexibility index (Phi) is 4.83. The largest absolute Gasteiger partial charge is 0.507 e. The average Bonchev–Trinajstić information content (AvgIpc) is 3.05. The second-order valence-corrected chi connectivity index (χ2v) is 6.49. The summed E-state index contributed by atoms with van der Waals surface area (Å²) < 4.78 is 5.21. The van der Waals surface area contributed by atoms with Crippen LogP contribution >= 0.6 is 0 Å². The first kappa shape index (κ1) is 18.4. The molecular weight excluding hydrogens is 368 g/mol. The molecule has 1 atom stereocenters. The number of anilines is 1. The number of benzene rings is 2. The summed E-state index contributed by atoms with van der Waals surface area (Å²) in [5, 5.41) is 11.0. The van der Waals surface area contributed by atoms with E-state index in [4.69, 9.17) is 4.74 Å². The van der Waals surface area contributed by atoms with Crippen molar-refractivity contribution in [3.05, 3.63) is 95.8 Å². The van der Waals surface area contributed by atoms with E-state index >= 15 is 0 Å². The summed E-state index contributed by atoms with van der Waals surface area (Å²) in [5.74, 6) is -1.21. The number of carbonyl (C=O) groups excluding carboxylic acids is 2. The van der Waals surface area contributed by atoms with Crippen molar-refractivity contribution in [2.75, 3.05) is 12.0 Å². The molecule has 2 heterocycles. The minimum atomic E-state index is -0.843. The second kappa shape index (κ2) is 7.59. The third-order valence-electron chi connectivity index (χ3n) is 4.79. The smallest absolute Gasteiger partial charge is 0.300 e. The third-order valence-corrected chi connectivity index (χ3v) is 4.79. The molecule has 1 N–H and O–H groups in total. The fourth-order valence-electron chi connectivity index (χ4n) is 3.43. The number of para-hydroxylation sites is 1. The standard InChI is InChI=1S/C23H18N2O4/c1-29-17-11-7-8-15(14-17)21(26)19-20(18-12-5-6-13-24-18)25(23(28)22(19)27)16-9-3-2-4-10-16/h2-14,20,26H,1H3/b21-19-. The molecule has 0 saturated carbocycles. The summed E-state index contributed by atoms with van der Waals surface area (Å²) in [6.07, 6.45) is 1.59. The zero-order valence-electron chi connectivity index (χ0n) is 15.6. The zero-order valence-corrected chi connectivity index (χ0v) is 15.6. The number of ketones is 1. The predicted octanol–water partition coefficient (Wildman–Crippen LogP) is 3.72. The van der Waals surface area contributed by atoms with Crippen molar-refractivity contribution in [1.29, 1.82) is 0 Å². The van der Waals surface area contributed by atoms with Crippen LogP contribution in [0.2, 0.25) is 0 Å². The maximum Gasteiger partial charge on any atom is 0.300 e. The van der Waals surface area contributed by atoms with E-state index in [9.17, 15) is 14.7 Å². The average molecular weight is 386 g/mol. The number of nitrogens with zero attached hydrogens (tertiary/aromatic N) is 2. The van der Waals surface area contributed by atoms with Crippen LogP contribution in [-0.2, 0) is 9.59 Å². The van der Waals surface area contributed by atoms with Crippen LogP contribution < -0.4 is 9.64 Å². The van der Waals surface area contributed by atoms with Crippen LogP contribution in [0.5, 0.6) is 5.75 Å². The Morgan fingerprint density at radius 1 is 1.00 bits per heavy atom. The van der Waals surface area contributed by atoms with Gasteiger partial charge in [0.1, 0.15) is 17.6 Å². The second-order valence-electron chi connectivity index (χ2n) is 6.49. The highest BCUT2D eigenvalue weighted by Crippen LogP contribution is 2.41. The molecule has 0 radical (unpaired) electrons. The Bertz CT molecular complexity index is 1090. The van der Waals surface area contributed by atoms with Gasteiger partial charge in [-0.05, 0) is 36.4 Å². The van der Waals surface area contributed by atoms with Gasteiger partial charge in [-0.1, -0.05) is 36.4 Å². The Morgan fingerprint density at radius 3 is 2.45 bits per heavy atom. The molecule has 1 fully saturated rings. The molecular formula is C23H18N2O4. The van der Waals surface area contributed by atoms with Gasteiger partial charge >= 0.3 is 0 Å². The van der Waals surface area contributed by atoms with Gasteiger partial charge in [0.05, 0.1) is 18.4 Å². The number of hydrogen-bond donors (Lipinski definition) is 1. The van der Waals surface area contributed by atoms with Gasteiger partial charge in [-0.15, -0.1) is 0 Å². The molecule has 0 aliphatic carbocycles. The molecule has 0 spiro atoms. The Balaban J connectivity index is 1.94. The molecule has 29 heavy (non-hydrogen) atoms. The van der Waals surface area contributed by atoms with E-state index in [2.05, 4.69) is 4.98 Å². The van der Waals surface area contributed by atoms with Crippen molar-refractivity contribution >= 4 is 23.1 Å². The van der Waals surface area contributed by atoms with Crippen LogP contribution in [0, 0.1) is 0 Å². The Morgan fingerprint density at radius 2 is 1.76 bits per heavy atom. The number of aliphatic hydroxyl groups excluding tert-OH is 1. The van der Waals surface area contributed by atoms with Crippen molar-refractivity contribution in [3.8, 4) is 5.75 Å². The lowest BCUT2D eigenvalue weighted by Crippen LogP contribution is -2.29. The Hall–Kier alpha value is -3.93. The molecule has 1 aliphatic rings. The maximum absolute atomic E-state index is 13.0. The number of methoxy groups -OCH3 is 1. The first-order valence-electron chi connectivity index (χ1n) is 9.03. The number of hydrogen-bond acceptors (Lipinski definition) is 5. The number of rotatable bonds is 4. The molecule has 6 nitrogen and oxygen atoms in total. The summed E-state index contributed by atoms with van der Waals surface area (Å²) in [4.78, 5) is 31.6. The third kappa shape index (κ3) is 3.25. The molecule has 4 rings (SSSR count). The SMILES string of the molecule is COc1cccc(/C(O)=C2/C(=O)C(=O)N(c3ccccc3)C2c2ccccn2)c1. The molecule has 1 aromatic heterocycles. The van der Waals surface area contributed by atoms with Gasteiger partial charge in [-0.2, -0.15) is 0 Å². The van der Waals surface area contributed by atoms with Crippen molar-refractivity contribution < 1.29 is 19.4 Å². The highest BCUT2D eigenvalue weighted by atomic mass is 16.5. The first-order chi connectivity index (χ1) is 14.1. The fourth-order valence-corrected chi connectivity index (χ4v) is 3.43. The van der Waals surface area contributed by atoms with E-state index in [-0.39, 0.29) is 11.3 Å². The number of Topliss-reactive ketones (excluding diaryl/α,β-unsaturated/α-hetero) is 1. The van der Waals surface area contributed by atoms with Gasteiger partial charge in [0.2, 0.25) is 0 Å². The molecule has 1 amide bonds. The van der Waals surface area contributed by atoms with Crippen LogP contribution in [0.4, 0.5) is 5.69 Å². The molecule has 1 aliphatic heterocycles. The fraction of sp³-hybridized carbons (Fsp3) is 0.0870. The maximum atomic E-state index is 13.0. The quantitative estimate of drug-likeness (QED) is 0.420. The van der Waals surface area contributed by atoms with E-state index in [1.54, 1.807) is 72.9 Å². The summed E-state index contributed by atoms with van der Waals surface area (Å²) in [7, 11) is 1.52. The van der Waals surface area contributed by atoms with Crippen molar-refractivity contribution in [2.45, 2.75) is 6.04 Å². The van der Waals surface area contributed by atoms with E-state index in [1.807, 2.05) is 6.07 Å². The van der Waals surface area contributed by atoms with Crippen LogP contribution in [0.1, 0.15) is 17.3 Å². The van der Waals surface area contributed by atoms with Crippen LogP contribution in [0.15, 0.2) is 84.6 Å². The van der Waals surface area contributed by atoms with E-state index in [0.29, 0.717) is 22.7 Å². The monoisotopic (exact) mass is 386 g/mol. The highest BCUT2D eigenvalue weighted by Gasteiger charge is 2.47.